The second-order valence-corrected chi connectivity index (χ2v) is 5.19. The topological polar surface area (TPSA) is 69.6 Å². The normalized spacial score (nSPS) is 12.4. The van der Waals surface area contributed by atoms with Crippen LogP contribution in [0.5, 0.6) is 0 Å². The van der Waals surface area contributed by atoms with Crippen LogP contribution in [0.4, 0.5) is 4.39 Å². The van der Waals surface area contributed by atoms with Gasteiger partial charge >= 0.3 is 5.97 Å². The molecule has 0 aliphatic carbocycles. The third kappa shape index (κ3) is 6.66. The van der Waals surface area contributed by atoms with Crippen molar-refractivity contribution in [1.29, 1.82) is 0 Å². The minimum absolute atomic E-state index is 0.0525. The SMILES string of the molecule is O=C(O)CCC(O)CNCCc1cc(Br)ccc1F. The van der Waals surface area contributed by atoms with E-state index >= 15 is 0 Å². The summed E-state index contributed by atoms with van der Waals surface area (Å²) in [5, 5.41) is 20.9. The molecule has 0 saturated heterocycles. The molecule has 6 heteroatoms. The number of aliphatic hydroxyl groups is 1. The number of halogens is 2. The van der Waals surface area contributed by atoms with Crippen molar-refractivity contribution in [2.24, 2.45) is 0 Å². The van der Waals surface area contributed by atoms with Crippen LogP contribution in [0.25, 0.3) is 0 Å². The number of benzene rings is 1. The van der Waals surface area contributed by atoms with Crippen LogP contribution in [0.3, 0.4) is 0 Å². The number of aliphatic hydroxyl groups excluding tert-OH is 1. The summed E-state index contributed by atoms with van der Waals surface area (Å²) < 4.78 is 14.2. The molecule has 3 N–H and O–H groups in total. The molecule has 0 aromatic heterocycles. The number of carboxylic acids is 1. The van der Waals surface area contributed by atoms with Gasteiger partial charge in [0.05, 0.1) is 6.10 Å². The zero-order valence-corrected chi connectivity index (χ0v) is 12.0. The molecule has 0 aliphatic heterocycles. The van der Waals surface area contributed by atoms with Crippen LogP contribution < -0.4 is 5.32 Å². The quantitative estimate of drug-likeness (QED) is 0.636. The maximum Gasteiger partial charge on any atom is 0.303 e. The minimum Gasteiger partial charge on any atom is -0.481 e. The Hall–Kier alpha value is -0.980. The number of carbonyl (C=O) groups is 1. The molecule has 1 unspecified atom stereocenters. The number of nitrogens with one attached hydrogen (secondary N) is 1. The van der Waals surface area contributed by atoms with Gasteiger partial charge in [-0.05, 0) is 43.1 Å². The van der Waals surface area contributed by atoms with Gasteiger partial charge in [-0.1, -0.05) is 15.9 Å². The van der Waals surface area contributed by atoms with Crippen molar-refractivity contribution in [1.82, 2.24) is 5.32 Å². The molecule has 0 bridgehead atoms. The zero-order chi connectivity index (χ0) is 14.3. The molecule has 4 nitrogen and oxygen atoms in total. The Morgan fingerprint density at radius 1 is 1.47 bits per heavy atom. The van der Waals surface area contributed by atoms with Gasteiger partial charge in [-0.25, -0.2) is 4.39 Å². The number of rotatable bonds is 8. The molecule has 0 amide bonds. The van der Waals surface area contributed by atoms with E-state index in [0.29, 0.717) is 25.1 Å². The van der Waals surface area contributed by atoms with Gasteiger partial charge in [-0.15, -0.1) is 0 Å². The number of hydrogen-bond donors (Lipinski definition) is 3. The van der Waals surface area contributed by atoms with Gasteiger partial charge in [-0.3, -0.25) is 4.79 Å². The molecule has 0 spiro atoms. The molecule has 1 aromatic carbocycles. The fourth-order valence-electron chi connectivity index (χ4n) is 1.62. The minimum atomic E-state index is -0.921. The lowest BCUT2D eigenvalue weighted by Crippen LogP contribution is -2.29. The molecule has 1 atom stereocenters. The summed E-state index contributed by atoms with van der Waals surface area (Å²) in [7, 11) is 0. The highest BCUT2D eigenvalue weighted by molar-refractivity contribution is 9.10. The van der Waals surface area contributed by atoms with Gasteiger partial charge in [0.15, 0.2) is 0 Å². The third-order valence-electron chi connectivity index (χ3n) is 2.65. The maximum atomic E-state index is 13.4. The lowest BCUT2D eigenvalue weighted by molar-refractivity contribution is -0.137. The Labute approximate surface area is 119 Å². The van der Waals surface area contributed by atoms with Crippen molar-refractivity contribution in [2.45, 2.75) is 25.4 Å². The second kappa shape index (κ2) is 8.24. The average molecular weight is 334 g/mol. The van der Waals surface area contributed by atoms with E-state index in [9.17, 15) is 14.3 Å². The van der Waals surface area contributed by atoms with E-state index in [4.69, 9.17) is 5.11 Å². The second-order valence-electron chi connectivity index (χ2n) is 4.28. The van der Waals surface area contributed by atoms with Crippen molar-refractivity contribution >= 4 is 21.9 Å². The van der Waals surface area contributed by atoms with Crippen LogP contribution in [0, 0.1) is 5.82 Å². The lowest BCUT2D eigenvalue weighted by atomic mass is 10.1. The van der Waals surface area contributed by atoms with Crippen LogP contribution in [-0.4, -0.2) is 35.4 Å². The fraction of sp³-hybridized carbons (Fsp3) is 0.462. The van der Waals surface area contributed by atoms with Crippen LogP contribution in [0.2, 0.25) is 0 Å². The number of aliphatic carboxylic acids is 1. The molecule has 0 fully saturated rings. The Morgan fingerprint density at radius 2 is 2.21 bits per heavy atom. The van der Waals surface area contributed by atoms with E-state index in [1.807, 2.05) is 0 Å². The number of carboxylic acid groups (broad SMARTS) is 1. The molecule has 0 radical (unpaired) electrons. The smallest absolute Gasteiger partial charge is 0.303 e. The van der Waals surface area contributed by atoms with Gasteiger partial charge in [-0.2, -0.15) is 0 Å². The fourth-order valence-corrected chi connectivity index (χ4v) is 2.03. The highest BCUT2D eigenvalue weighted by Gasteiger charge is 2.07. The largest absolute Gasteiger partial charge is 0.481 e. The first kappa shape index (κ1) is 16.1. The molecule has 1 aromatic rings. The van der Waals surface area contributed by atoms with Crippen molar-refractivity contribution in [2.75, 3.05) is 13.1 Å². The third-order valence-corrected chi connectivity index (χ3v) is 3.14. The first-order chi connectivity index (χ1) is 8.99. The first-order valence-corrected chi connectivity index (χ1v) is 6.83. The standard InChI is InChI=1S/C13H17BrFNO3/c14-10-1-3-12(15)9(7-10)5-6-16-8-11(17)2-4-13(18)19/h1,3,7,11,16-17H,2,4-6,8H2,(H,18,19). The molecular weight excluding hydrogens is 317 g/mol. The van der Waals surface area contributed by atoms with E-state index in [1.165, 1.54) is 6.07 Å². The highest BCUT2D eigenvalue weighted by Crippen LogP contribution is 2.15. The van der Waals surface area contributed by atoms with Crippen LogP contribution >= 0.6 is 15.9 Å². The van der Waals surface area contributed by atoms with Crippen molar-refractivity contribution in [3.05, 3.63) is 34.1 Å². The van der Waals surface area contributed by atoms with Crippen molar-refractivity contribution < 1.29 is 19.4 Å². The maximum absolute atomic E-state index is 13.4. The van der Waals surface area contributed by atoms with E-state index in [1.54, 1.807) is 12.1 Å². The lowest BCUT2D eigenvalue weighted by Gasteiger charge is -2.11. The molecule has 106 valence electrons. The van der Waals surface area contributed by atoms with Crippen molar-refractivity contribution in [3.63, 3.8) is 0 Å². The van der Waals surface area contributed by atoms with Crippen molar-refractivity contribution in [3.8, 4) is 0 Å². The Balaban J connectivity index is 2.23. The van der Waals surface area contributed by atoms with Gasteiger partial charge in [0.2, 0.25) is 0 Å². The highest BCUT2D eigenvalue weighted by atomic mass is 79.9. The molecule has 0 heterocycles. The summed E-state index contributed by atoms with van der Waals surface area (Å²) in [5.41, 5.74) is 0.599. The Morgan fingerprint density at radius 3 is 2.89 bits per heavy atom. The summed E-state index contributed by atoms with van der Waals surface area (Å²) in [6.45, 7) is 0.834. The summed E-state index contributed by atoms with van der Waals surface area (Å²) >= 11 is 3.28. The van der Waals surface area contributed by atoms with E-state index in [2.05, 4.69) is 21.2 Å². The monoisotopic (exact) mass is 333 g/mol. The van der Waals surface area contributed by atoms with Crippen LogP contribution in [0.15, 0.2) is 22.7 Å². The van der Waals surface area contributed by atoms with Crippen LogP contribution in [-0.2, 0) is 11.2 Å². The van der Waals surface area contributed by atoms with E-state index in [0.717, 1.165) is 4.47 Å². The summed E-state index contributed by atoms with van der Waals surface area (Å²) in [6, 6.07) is 4.76. The van der Waals surface area contributed by atoms with E-state index < -0.39 is 12.1 Å². The average Bonchev–Trinajstić information content (AvgIpc) is 2.36. The van der Waals surface area contributed by atoms with Gasteiger partial charge in [0.1, 0.15) is 5.82 Å². The molecule has 0 aliphatic rings. The van der Waals surface area contributed by atoms with Gasteiger partial charge in [0, 0.05) is 17.4 Å². The zero-order valence-electron chi connectivity index (χ0n) is 10.4. The Kier molecular flexibility index (Phi) is 6.97. The summed E-state index contributed by atoms with van der Waals surface area (Å²) in [5.74, 6) is -1.17. The molecule has 1 rings (SSSR count). The van der Waals surface area contributed by atoms with E-state index in [-0.39, 0.29) is 18.7 Å². The first-order valence-electron chi connectivity index (χ1n) is 6.03. The van der Waals surface area contributed by atoms with Gasteiger partial charge < -0.3 is 15.5 Å². The van der Waals surface area contributed by atoms with Gasteiger partial charge in [0.25, 0.3) is 0 Å². The summed E-state index contributed by atoms with van der Waals surface area (Å²) in [6.07, 6.45) is -0.0170. The summed E-state index contributed by atoms with van der Waals surface area (Å²) in [4.78, 5) is 10.3. The molecular formula is C13H17BrFNO3. The molecule has 0 saturated carbocycles. The molecule has 19 heavy (non-hydrogen) atoms. The Bertz CT molecular complexity index is 428. The number of hydrogen-bond acceptors (Lipinski definition) is 3. The predicted octanol–water partition coefficient (Wildman–Crippen LogP) is 1.95. The predicted molar refractivity (Wildman–Crippen MR) is 73.6 cm³/mol. The van der Waals surface area contributed by atoms with Crippen LogP contribution in [0.1, 0.15) is 18.4 Å².